The Labute approximate surface area is 182 Å². The van der Waals surface area contributed by atoms with E-state index >= 15 is 0 Å². The van der Waals surface area contributed by atoms with Crippen molar-refractivity contribution < 1.29 is 27.5 Å². The SMILES string of the molecule is C[C@@H](CO)Oc1cc(Cl)c(-c2noc(-c3cn4cc(C(F)(F)F)ncc4n3)n2)cc1Cl. The Balaban J connectivity index is 1.66. The molecule has 162 valence electrons. The molecule has 0 amide bonds. The third-order valence-corrected chi connectivity index (χ3v) is 4.73. The van der Waals surface area contributed by atoms with E-state index in [1.807, 2.05) is 0 Å². The van der Waals surface area contributed by atoms with Crippen molar-refractivity contribution in [3.8, 4) is 28.7 Å². The Morgan fingerprint density at radius 3 is 2.68 bits per heavy atom. The van der Waals surface area contributed by atoms with Gasteiger partial charge in [0.1, 0.15) is 17.5 Å². The molecule has 1 aromatic carbocycles. The molecule has 0 unspecified atom stereocenters. The van der Waals surface area contributed by atoms with Crippen LogP contribution in [0, 0.1) is 0 Å². The minimum absolute atomic E-state index is 0.0336. The predicted octanol–water partition coefficient (Wildman–Crippen LogP) is 4.53. The molecule has 0 bridgehead atoms. The van der Waals surface area contributed by atoms with Crippen molar-refractivity contribution >= 4 is 28.8 Å². The second-order valence-electron chi connectivity index (χ2n) is 6.46. The first-order chi connectivity index (χ1) is 14.7. The fraction of sp³-hybridized carbons (Fsp3) is 0.222. The maximum Gasteiger partial charge on any atom is 0.434 e. The van der Waals surface area contributed by atoms with Gasteiger partial charge in [-0.05, 0) is 13.0 Å². The number of aliphatic hydroxyl groups is 1. The highest BCUT2D eigenvalue weighted by Gasteiger charge is 2.33. The van der Waals surface area contributed by atoms with Gasteiger partial charge in [-0.1, -0.05) is 28.4 Å². The number of halogens is 5. The van der Waals surface area contributed by atoms with Gasteiger partial charge in [0.2, 0.25) is 5.82 Å². The highest BCUT2D eigenvalue weighted by molar-refractivity contribution is 6.36. The lowest BCUT2D eigenvalue weighted by atomic mass is 10.2. The van der Waals surface area contributed by atoms with Gasteiger partial charge < -0.3 is 18.8 Å². The van der Waals surface area contributed by atoms with Crippen molar-refractivity contribution in [3.63, 3.8) is 0 Å². The number of imidazole rings is 1. The van der Waals surface area contributed by atoms with Crippen LogP contribution < -0.4 is 4.74 Å². The van der Waals surface area contributed by atoms with E-state index in [0.717, 1.165) is 16.8 Å². The summed E-state index contributed by atoms with van der Waals surface area (Å²) in [6, 6.07) is 2.93. The number of aliphatic hydroxyl groups excluding tert-OH is 1. The van der Waals surface area contributed by atoms with Crippen LogP contribution in [0.3, 0.4) is 0 Å². The van der Waals surface area contributed by atoms with Crippen LogP contribution in [0.15, 0.2) is 35.2 Å². The lowest BCUT2D eigenvalue weighted by molar-refractivity contribution is -0.141. The summed E-state index contributed by atoms with van der Waals surface area (Å²) in [4.78, 5) is 11.7. The Hall–Kier alpha value is -2.89. The summed E-state index contributed by atoms with van der Waals surface area (Å²) < 4.78 is 50.4. The fourth-order valence-electron chi connectivity index (χ4n) is 2.63. The molecule has 31 heavy (non-hydrogen) atoms. The maximum absolute atomic E-state index is 12.8. The summed E-state index contributed by atoms with van der Waals surface area (Å²) in [6.45, 7) is 1.45. The minimum atomic E-state index is -4.59. The second-order valence-corrected chi connectivity index (χ2v) is 7.27. The van der Waals surface area contributed by atoms with Gasteiger partial charge in [0.15, 0.2) is 11.3 Å². The first-order valence-electron chi connectivity index (χ1n) is 8.68. The predicted molar refractivity (Wildman–Crippen MR) is 104 cm³/mol. The highest BCUT2D eigenvalue weighted by Crippen LogP contribution is 2.37. The van der Waals surface area contributed by atoms with Gasteiger partial charge in [0, 0.05) is 24.0 Å². The second kappa shape index (κ2) is 7.98. The van der Waals surface area contributed by atoms with Crippen molar-refractivity contribution in [2.75, 3.05) is 6.61 Å². The van der Waals surface area contributed by atoms with E-state index in [1.165, 1.54) is 18.3 Å². The average molecular weight is 474 g/mol. The molecule has 0 saturated carbocycles. The molecule has 0 fully saturated rings. The zero-order valence-electron chi connectivity index (χ0n) is 15.6. The summed E-state index contributed by atoms with van der Waals surface area (Å²) in [5, 5.41) is 13.4. The quantitative estimate of drug-likeness (QED) is 0.454. The number of hydrogen-bond acceptors (Lipinski definition) is 7. The number of nitrogens with zero attached hydrogens (tertiary/aromatic N) is 5. The van der Waals surface area contributed by atoms with Gasteiger partial charge in [-0.3, -0.25) is 0 Å². The van der Waals surface area contributed by atoms with E-state index in [9.17, 15) is 13.2 Å². The average Bonchev–Trinajstić information content (AvgIpc) is 3.35. The van der Waals surface area contributed by atoms with Crippen LogP contribution in [0.5, 0.6) is 5.75 Å². The fourth-order valence-corrected chi connectivity index (χ4v) is 3.08. The van der Waals surface area contributed by atoms with E-state index in [4.69, 9.17) is 37.6 Å². The summed E-state index contributed by atoms with van der Waals surface area (Å²) in [5.41, 5.74) is -0.396. The van der Waals surface area contributed by atoms with Crippen LogP contribution in [-0.4, -0.2) is 42.3 Å². The largest absolute Gasteiger partial charge is 0.487 e. The van der Waals surface area contributed by atoms with Crippen molar-refractivity contribution in [1.29, 1.82) is 0 Å². The van der Waals surface area contributed by atoms with Gasteiger partial charge >= 0.3 is 6.18 Å². The smallest absolute Gasteiger partial charge is 0.434 e. The molecule has 1 atom stereocenters. The zero-order chi connectivity index (χ0) is 22.3. The van der Waals surface area contributed by atoms with Gasteiger partial charge in [-0.15, -0.1) is 0 Å². The molecule has 4 rings (SSSR count). The molecule has 8 nitrogen and oxygen atoms in total. The van der Waals surface area contributed by atoms with Crippen molar-refractivity contribution in [1.82, 2.24) is 24.5 Å². The van der Waals surface area contributed by atoms with Crippen LogP contribution in [0.1, 0.15) is 12.6 Å². The van der Waals surface area contributed by atoms with E-state index < -0.39 is 18.0 Å². The Morgan fingerprint density at radius 1 is 1.19 bits per heavy atom. The molecule has 4 aromatic rings. The number of aromatic nitrogens is 5. The van der Waals surface area contributed by atoms with Crippen molar-refractivity contribution in [3.05, 3.63) is 46.5 Å². The molecular weight excluding hydrogens is 462 g/mol. The number of ether oxygens (including phenoxy) is 1. The Bertz CT molecular complexity index is 1260. The summed E-state index contributed by atoms with van der Waals surface area (Å²) >= 11 is 12.5. The minimum Gasteiger partial charge on any atom is -0.487 e. The molecule has 0 aliphatic carbocycles. The summed E-state index contributed by atoms with van der Waals surface area (Å²) in [5.74, 6) is 0.331. The number of rotatable bonds is 5. The van der Waals surface area contributed by atoms with Crippen molar-refractivity contribution in [2.24, 2.45) is 0 Å². The van der Waals surface area contributed by atoms with Gasteiger partial charge in [-0.25, -0.2) is 9.97 Å². The third kappa shape index (κ3) is 4.29. The molecule has 0 radical (unpaired) electrons. The summed E-state index contributed by atoms with van der Waals surface area (Å²) in [7, 11) is 0. The molecule has 0 aliphatic heterocycles. The lowest BCUT2D eigenvalue weighted by Crippen LogP contribution is -2.16. The molecule has 3 aromatic heterocycles. The summed E-state index contributed by atoms with van der Waals surface area (Å²) in [6.07, 6.45) is -1.96. The normalized spacial score (nSPS) is 13.0. The van der Waals surface area contributed by atoms with Gasteiger partial charge in [-0.2, -0.15) is 18.2 Å². The standard InChI is InChI=1S/C18H12Cl2F3N5O3/c1-8(7-29)30-13-3-10(19)9(2-11(13)20)16-26-17(31-27-16)12-5-28-6-14(18(21,22)23)24-4-15(28)25-12/h2-6,8,29H,7H2,1H3/t8-/m0/s1. The topological polar surface area (TPSA) is 98.6 Å². The van der Waals surface area contributed by atoms with E-state index in [-0.39, 0.29) is 45.5 Å². The van der Waals surface area contributed by atoms with E-state index in [2.05, 4.69) is 20.1 Å². The first-order valence-corrected chi connectivity index (χ1v) is 9.44. The lowest BCUT2D eigenvalue weighted by Gasteiger charge is -2.14. The molecular formula is C18H12Cl2F3N5O3. The molecule has 1 N–H and O–H groups in total. The Morgan fingerprint density at radius 2 is 1.97 bits per heavy atom. The first kappa shape index (κ1) is 21.3. The van der Waals surface area contributed by atoms with Gasteiger partial charge in [0.25, 0.3) is 5.89 Å². The molecule has 0 saturated heterocycles. The van der Waals surface area contributed by atoms with Crippen LogP contribution in [0.4, 0.5) is 13.2 Å². The number of alkyl halides is 3. The van der Waals surface area contributed by atoms with Gasteiger partial charge in [0.05, 0.1) is 22.8 Å². The van der Waals surface area contributed by atoms with E-state index in [0.29, 0.717) is 5.56 Å². The number of hydrogen-bond donors (Lipinski definition) is 1. The van der Waals surface area contributed by atoms with Crippen LogP contribution in [0.2, 0.25) is 10.0 Å². The molecule has 0 spiro atoms. The monoisotopic (exact) mass is 473 g/mol. The van der Waals surface area contributed by atoms with Crippen molar-refractivity contribution in [2.45, 2.75) is 19.2 Å². The molecule has 0 aliphatic rings. The van der Waals surface area contributed by atoms with Crippen LogP contribution in [-0.2, 0) is 6.18 Å². The zero-order valence-corrected chi connectivity index (χ0v) is 17.1. The number of benzene rings is 1. The highest BCUT2D eigenvalue weighted by atomic mass is 35.5. The molecule has 3 heterocycles. The van der Waals surface area contributed by atoms with E-state index in [1.54, 1.807) is 6.92 Å². The number of fused-ring (bicyclic) bond motifs is 1. The third-order valence-electron chi connectivity index (χ3n) is 4.12. The Kier molecular flexibility index (Phi) is 5.50. The van der Waals surface area contributed by atoms with Crippen LogP contribution in [0.25, 0.3) is 28.6 Å². The van der Waals surface area contributed by atoms with Crippen LogP contribution >= 0.6 is 23.2 Å². The maximum atomic E-state index is 12.8. The molecule has 13 heteroatoms.